The predicted molar refractivity (Wildman–Crippen MR) is 92.4 cm³/mol. The highest BCUT2D eigenvalue weighted by molar-refractivity contribution is 5.84. The fourth-order valence-corrected chi connectivity index (χ4v) is 4.17. The van der Waals surface area contributed by atoms with Gasteiger partial charge in [-0.3, -0.25) is 9.59 Å². The number of fused-ring (bicyclic) bond motifs is 4. The van der Waals surface area contributed by atoms with Gasteiger partial charge in [-0.15, -0.1) is 0 Å². The summed E-state index contributed by atoms with van der Waals surface area (Å²) in [6.07, 6.45) is 4.96. The van der Waals surface area contributed by atoms with Crippen LogP contribution in [0.3, 0.4) is 0 Å². The number of aryl methyl sites for hydroxylation is 1. The van der Waals surface area contributed by atoms with Crippen LogP contribution in [0, 0.1) is 18.8 Å². The number of carbonyl (C=O) groups excluding carboxylic acids is 2. The lowest BCUT2D eigenvalue weighted by molar-refractivity contribution is -0.140. The molecule has 1 aromatic carbocycles. The molecule has 3 aliphatic heterocycles. The molecule has 4 aliphatic rings. The molecule has 0 unspecified atom stereocenters. The maximum Gasteiger partial charge on any atom is 0.227 e. The minimum atomic E-state index is 0.0176. The largest absolute Gasteiger partial charge is 0.340 e. The van der Waals surface area contributed by atoms with Crippen molar-refractivity contribution >= 4 is 11.8 Å². The van der Waals surface area contributed by atoms with E-state index in [-0.39, 0.29) is 17.9 Å². The van der Waals surface area contributed by atoms with Gasteiger partial charge in [-0.1, -0.05) is 29.8 Å². The Balaban J connectivity index is 1.46. The van der Waals surface area contributed by atoms with Crippen LogP contribution in [0.2, 0.25) is 0 Å². The highest BCUT2D eigenvalue weighted by Gasteiger charge is 2.43. The molecule has 0 N–H and O–H groups in total. The Bertz CT molecular complexity index is 653. The standard InChI is InChI=1S/C20H26N2O2/c1-14-3-2-4-16(9-14)10-19(23)21-12-17-7-8-18(13-21)22(20(17)24)11-15-5-6-15/h2-4,9,15,17-18H,5-8,10-13H2,1H3/t17-,18+/m0/s1. The summed E-state index contributed by atoms with van der Waals surface area (Å²) in [5.41, 5.74) is 2.25. The van der Waals surface area contributed by atoms with E-state index in [4.69, 9.17) is 0 Å². The minimum Gasteiger partial charge on any atom is -0.340 e. The summed E-state index contributed by atoms with van der Waals surface area (Å²) in [5.74, 6) is 1.19. The van der Waals surface area contributed by atoms with Crippen molar-refractivity contribution in [2.75, 3.05) is 19.6 Å². The second-order valence-corrected chi connectivity index (χ2v) is 7.83. The van der Waals surface area contributed by atoms with E-state index in [9.17, 15) is 9.59 Å². The number of nitrogens with zero attached hydrogens (tertiary/aromatic N) is 2. The molecule has 0 spiro atoms. The molecule has 2 amide bonds. The fraction of sp³-hybridized carbons (Fsp3) is 0.600. The normalized spacial score (nSPS) is 26.6. The average molecular weight is 326 g/mol. The number of piperidine rings is 1. The fourth-order valence-electron chi connectivity index (χ4n) is 4.17. The molecule has 1 saturated carbocycles. The summed E-state index contributed by atoms with van der Waals surface area (Å²) >= 11 is 0. The molecule has 4 nitrogen and oxygen atoms in total. The first-order valence-corrected chi connectivity index (χ1v) is 9.24. The van der Waals surface area contributed by atoms with Gasteiger partial charge in [0.15, 0.2) is 0 Å². The van der Waals surface area contributed by atoms with Crippen molar-refractivity contribution in [2.45, 2.75) is 45.1 Å². The lowest BCUT2D eigenvalue weighted by Gasteiger charge is -2.36. The smallest absolute Gasteiger partial charge is 0.227 e. The van der Waals surface area contributed by atoms with E-state index in [0.717, 1.165) is 31.5 Å². The Kier molecular flexibility index (Phi) is 4.07. The third-order valence-corrected chi connectivity index (χ3v) is 5.74. The summed E-state index contributed by atoms with van der Waals surface area (Å²) in [7, 11) is 0. The maximum atomic E-state index is 12.8. The molecular weight excluding hydrogens is 300 g/mol. The van der Waals surface area contributed by atoms with Crippen LogP contribution in [-0.2, 0) is 16.0 Å². The van der Waals surface area contributed by atoms with Crippen LogP contribution >= 0.6 is 0 Å². The summed E-state index contributed by atoms with van der Waals surface area (Å²) in [6, 6.07) is 8.38. The second-order valence-electron chi connectivity index (χ2n) is 7.83. The van der Waals surface area contributed by atoms with Gasteiger partial charge in [0.05, 0.1) is 12.3 Å². The number of benzene rings is 1. The van der Waals surface area contributed by atoms with Crippen LogP contribution < -0.4 is 0 Å². The number of carbonyl (C=O) groups is 2. The lowest BCUT2D eigenvalue weighted by atomic mass is 9.94. The average Bonchev–Trinajstić information content (AvgIpc) is 3.38. The van der Waals surface area contributed by atoms with Crippen molar-refractivity contribution in [1.82, 2.24) is 9.80 Å². The molecule has 24 heavy (non-hydrogen) atoms. The van der Waals surface area contributed by atoms with Crippen LogP contribution in [0.5, 0.6) is 0 Å². The molecule has 4 fully saturated rings. The van der Waals surface area contributed by atoms with Crippen molar-refractivity contribution in [2.24, 2.45) is 11.8 Å². The molecule has 3 heterocycles. The SMILES string of the molecule is Cc1cccc(CC(=O)N2C[C@@H]3CC[C@H](C2)N(CC2CC2)C3=O)c1. The topological polar surface area (TPSA) is 40.6 Å². The summed E-state index contributed by atoms with van der Waals surface area (Å²) < 4.78 is 0. The van der Waals surface area contributed by atoms with Crippen molar-refractivity contribution in [3.8, 4) is 0 Å². The van der Waals surface area contributed by atoms with Gasteiger partial charge in [-0.05, 0) is 44.1 Å². The lowest BCUT2D eigenvalue weighted by Crippen LogP contribution is -2.48. The van der Waals surface area contributed by atoms with E-state index >= 15 is 0 Å². The van der Waals surface area contributed by atoms with Gasteiger partial charge < -0.3 is 9.80 Å². The Labute approximate surface area is 143 Å². The Morgan fingerprint density at radius 3 is 2.75 bits per heavy atom. The van der Waals surface area contributed by atoms with Gasteiger partial charge in [0.25, 0.3) is 0 Å². The van der Waals surface area contributed by atoms with Gasteiger partial charge in [0.2, 0.25) is 11.8 Å². The molecular formula is C20H26N2O2. The van der Waals surface area contributed by atoms with Crippen LogP contribution in [-0.4, -0.2) is 47.3 Å². The monoisotopic (exact) mass is 326 g/mol. The molecule has 4 heteroatoms. The van der Waals surface area contributed by atoms with E-state index in [2.05, 4.69) is 24.0 Å². The minimum absolute atomic E-state index is 0.0176. The van der Waals surface area contributed by atoms with E-state index in [1.807, 2.05) is 17.0 Å². The van der Waals surface area contributed by atoms with Crippen molar-refractivity contribution in [3.63, 3.8) is 0 Å². The Hall–Kier alpha value is -1.84. The number of rotatable bonds is 4. The zero-order valence-electron chi connectivity index (χ0n) is 14.4. The number of hydrogen-bond donors (Lipinski definition) is 0. The first kappa shape index (κ1) is 15.7. The summed E-state index contributed by atoms with van der Waals surface area (Å²) in [4.78, 5) is 29.6. The van der Waals surface area contributed by atoms with Crippen molar-refractivity contribution in [1.29, 1.82) is 0 Å². The van der Waals surface area contributed by atoms with Crippen LogP contribution in [0.15, 0.2) is 24.3 Å². The molecule has 0 aromatic heterocycles. The van der Waals surface area contributed by atoms with E-state index in [1.54, 1.807) is 0 Å². The molecule has 3 saturated heterocycles. The zero-order valence-corrected chi connectivity index (χ0v) is 14.4. The van der Waals surface area contributed by atoms with Crippen LogP contribution in [0.25, 0.3) is 0 Å². The van der Waals surface area contributed by atoms with Crippen LogP contribution in [0.4, 0.5) is 0 Å². The van der Waals surface area contributed by atoms with Gasteiger partial charge in [0.1, 0.15) is 0 Å². The van der Waals surface area contributed by atoms with Gasteiger partial charge >= 0.3 is 0 Å². The maximum absolute atomic E-state index is 12.8. The van der Waals surface area contributed by atoms with E-state index < -0.39 is 0 Å². The van der Waals surface area contributed by atoms with Crippen molar-refractivity contribution in [3.05, 3.63) is 35.4 Å². The summed E-state index contributed by atoms with van der Waals surface area (Å²) in [5, 5.41) is 0. The van der Waals surface area contributed by atoms with Gasteiger partial charge in [-0.25, -0.2) is 0 Å². The van der Waals surface area contributed by atoms with E-state index in [0.29, 0.717) is 24.8 Å². The first-order valence-electron chi connectivity index (χ1n) is 9.24. The molecule has 2 atom stereocenters. The highest BCUT2D eigenvalue weighted by atomic mass is 16.2. The van der Waals surface area contributed by atoms with Crippen molar-refractivity contribution < 1.29 is 9.59 Å². The Morgan fingerprint density at radius 2 is 2.00 bits per heavy atom. The molecule has 5 rings (SSSR count). The quantitative estimate of drug-likeness (QED) is 0.852. The predicted octanol–water partition coefficient (Wildman–Crippen LogP) is 2.40. The summed E-state index contributed by atoms with van der Waals surface area (Å²) in [6.45, 7) is 4.30. The highest BCUT2D eigenvalue weighted by Crippen LogP contribution is 2.35. The third-order valence-electron chi connectivity index (χ3n) is 5.74. The Morgan fingerprint density at radius 1 is 1.17 bits per heavy atom. The molecule has 1 aliphatic carbocycles. The van der Waals surface area contributed by atoms with E-state index in [1.165, 1.54) is 18.4 Å². The third kappa shape index (κ3) is 3.19. The van der Waals surface area contributed by atoms with Gasteiger partial charge in [-0.2, -0.15) is 0 Å². The molecule has 0 radical (unpaired) electrons. The molecule has 128 valence electrons. The first-order chi connectivity index (χ1) is 11.6. The zero-order chi connectivity index (χ0) is 16.7. The van der Waals surface area contributed by atoms with Gasteiger partial charge in [0, 0.05) is 25.7 Å². The number of amides is 2. The second kappa shape index (κ2) is 6.23. The molecule has 1 aromatic rings. The molecule has 2 bridgehead atoms. The number of hydrogen-bond acceptors (Lipinski definition) is 2. The van der Waals surface area contributed by atoms with Crippen LogP contribution in [0.1, 0.15) is 36.8 Å².